The molecular formula is C13H19NO4. The first-order chi connectivity index (χ1) is 8.74. The maximum atomic E-state index is 11.3. The van der Waals surface area contributed by atoms with Crippen molar-refractivity contribution in [1.29, 1.82) is 0 Å². The number of benzene rings is 1. The topological polar surface area (TPSA) is 67.8 Å². The standard InChI is InChI=1S/C13H19NO4/c1-17-8-9-18-10-13(16)14-7-6-11-4-2-3-5-12(11)15/h2-5,15H,6-10H2,1H3,(H,14,16). The van der Waals surface area contributed by atoms with Crippen LogP contribution in [0.5, 0.6) is 5.75 Å². The molecule has 1 rings (SSSR count). The largest absolute Gasteiger partial charge is 0.508 e. The number of carbonyl (C=O) groups is 1. The summed E-state index contributed by atoms with van der Waals surface area (Å²) in [4.78, 5) is 11.3. The molecule has 5 heteroatoms. The molecule has 0 fully saturated rings. The van der Waals surface area contributed by atoms with Crippen LogP contribution in [0.3, 0.4) is 0 Å². The van der Waals surface area contributed by atoms with Gasteiger partial charge in [-0.25, -0.2) is 0 Å². The highest BCUT2D eigenvalue weighted by Gasteiger charge is 2.02. The summed E-state index contributed by atoms with van der Waals surface area (Å²) in [6, 6.07) is 7.08. The molecule has 5 nitrogen and oxygen atoms in total. The third-order valence-electron chi connectivity index (χ3n) is 2.37. The molecule has 1 aromatic carbocycles. The fourth-order valence-electron chi connectivity index (χ4n) is 1.42. The average molecular weight is 253 g/mol. The van der Waals surface area contributed by atoms with Crippen LogP contribution in [0.1, 0.15) is 5.56 Å². The van der Waals surface area contributed by atoms with E-state index in [0.29, 0.717) is 26.2 Å². The number of rotatable bonds is 8. The minimum atomic E-state index is -0.165. The first kappa shape index (κ1) is 14.5. The lowest BCUT2D eigenvalue weighted by Crippen LogP contribution is -2.29. The Morgan fingerprint density at radius 3 is 2.83 bits per heavy atom. The fraction of sp³-hybridized carbons (Fsp3) is 0.462. The van der Waals surface area contributed by atoms with E-state index in [1.807, 2.05) is 12.1 Å². The van der Waals surface area contributed by atoms with E-state index in [4.69, 9.17) is 9.47 Å². The van der Waals surface area contributed by atoms with Crippen molar-refractivity contribution < 1.29 is 19.4 Å². The Kier molecular flexibility index (Phi) is 6.83. The van der Waals surface area contributed by atoms with E-state index in [9.17, 15) is 9.90 Å². The second kappa shape index (κ2) is 8.49. The Morgan fingerprint density at radius 2 is 2.11 bits per heavy atom. The van der Waals surface area contributed by atoms with Gasteiger partial charge < -0.3 is 19.9 Å². The number of phenols is 1. The van der Waals surface area contributed by atoms with E-state index in [2.05, 4.69) is 5.32 Å². The van der Waals surface area contributed by atoms with E-state index >= 15 is 0 Å². The molecule has 18 heavy (non-hydrogen) atoms. The van der Waals surface area contributed by atoms with Crippen molar-refractivity contribution in [2.24, 2.45) is 0 Å². The molecule has 0 aliphatic rings. The minimum absolute atomic E-state index is 0.0319. The van der Waals surface area contributed by atoms with Crippen molar-refractivity contribution in [3.8, 4) is 5.75 Å². The lowest BCUT2D eigenvalue weighted by atomic mass is 10.1. The predicted molar refractivity (Wildman–Crippen MR) is 67.5 cm³/mol. The van der Waals surface area contributed by atoms with Crippen LogP contribution in [-0.4, -0.2) is 44.5 Å². The summed E-state index contributed by atoms with van der Waals surface area (Å²) >= 11 is 0. The van der Waals surface area contributed by atoms with E-state index in [1.54, 1.807) is 19.2 Å². The highest BCUT2D eigenvalue weighted by Crippen LogP contribution is 2.15. The van der Waals surface area contributed by atoms with Crippen molar-refractivity contribution in [3.05, 3.63) is 29.8 Å². The molecule has 0 saturated carbocycles. The van der Waals surface area contributed by atoms with Gasteiger partial charge in [0.2, 0.25) is 5.91 Å². The normalized spacial score (nSPS) is 10.3. The summed E-state index contributed by atoms with van der Waals surface area (Å²) in [5.74, 6) is 0.0876. The number of nitrogens with one attached hydrogen (secondary N) is 1. The van der Waals surface area contributed by atoms with Crippen molar-refractivity contribution >= 4 is 5.91 Å². The molecule has 0 aromatic heterocycles. The molecule has 1 amide bonds. The van der Waals surface area contributed by atoms with Gasteiger partial charge in [-0.05, 0) is 18.1 Å². The number of para-hydroxylation sites is 1. The molecule has 0 bridgehead atoms. The first-order valence-corrected chi connectivity index (χ1v) is 5.84. The van der Waals surface area contributed by atoms with Gasteiger partial charge in [-0.2, -0.15) is 0 Å². The van der Waals surface area contributed by atoms with Gasteiger partial charge in [0.1, 0.15) is 12.4 Å². The van der Waals surface area contributed by atoms with Crippen LogP contribution < -0.4 is 5.32 Å². The van der Waals surface area contributed by atoms with E-state index in [1.165, 1.54) is 0 Å². The molecule has 0 aliphatic carbocycles. The zero-order valence-corrected chi connectivity index (χ0v) is 10.5. The lowest BCUT2D eigenvalue weighted by Gasteiger charge is -2.07. The van der Waals surface area contributed by atoms with Crippen LogP contribution in [0.25, 0.3) is 0 Å². The van der Waals surface area contributed by atoms with Gasteiger partial charge in [0.15, 0.2) is 0 Å². The number of carbonyl (C=O) groups excluding carboxylic acids is 1. The Bertz CT molecular complexity index is 368. The molecule has 2 N–H and O–H groups in total. The monoisotopic (exact) mass is 253 g/mol. The van der Waals surface area contributed by atoms with Gasteiger partial charge in [0, 0.05) is 13.7 Å². The highest BCUT2D eigenvalue weighted by molar-refractivity contribution is 5.77. The number of hydrogen-bond donors (Lipinski definition) is 2. The quantitative estimate of drug-likeness (QED) is 0.670. The van der Waals surface area contributed by atoms with Gasteiger partial charge in [-0.15, -0.1) is 0 Å². The second-order valence-corrected chi connectivity index (χ2v) is 3.77. The Hall–Kier alpha value is -1.59. The zero-order valence-electron chi connectivity index (χ0n) is 10.5. The van der Waals surface area contributed by atoms with Gasteiger partial charge in [0.25, 0.3) is 0 Å². The summed E-state index contributed by atoms with van der Waals surface area (Å²) in [6.45, 7) is 1.39. The van der Waals surface area contributed by atoms with Crippen molar-refractivity contribution in [1.82, 2.24) is 5.32 Å². The van der Waals surface area contributed by atoms with E-state index in [-0.39, 0.29) is 18.3 Å². The number of phenolic OH excluding ortho intramolecular Hbond substituents is 1. The Labute approximate surface area is 107 Å². The van der Waals surface area contributed by atoms with Crippen LogP contribution in [0.2, 0.25) is 0 Å². The third-order valence-corrected chi connectivity index (χ3v) is 2.37. The van der Waals surface area contributed by atoms with Gasteiger partial charge in [0.05, 0.1) is 13.2 Å². The summed E-state index contributed by atoms with van der Waals surface area (Å²) in [6.07, 6.45) is 0.594. The molecule has 0 radical (unpaired) electrons. The molecule has 0 aliphatic heterocycles. The molecule has 0 unspecified atom stereocenters. The third kappa shape index (κ3) is 5.65. The summed E-state index contributed by atoms with van der Waals surface area (Å²) in [7, 11) is 1.58. The van der Waals surface area contributed by atoms with Gasteiger partial charge >= 0.3 is 0 Å². The molecule has 0 saturated heterocycles. The van der Waals surface area contributed by atoms with Crippen LogP contribution >= 0.6 is 0 Å². The number of amides is 1. The van der Waals surface area contributed by atoms with Crippen LogP contribution in [0, 0.1) is 0 Å². The second-order valence-electron chi connectivity index (χ2n) is 3.77. The molecule has 0 atom stereocenters. The van der Waals surface area contributed by atoms with E-state index in [0.717, 1.165) is 5.56 Å². The van der Waals surface area contributed by atoms with Gasteiger partial charge in [-0.3, -0.25) is 4.79 Å². The summed E-state index contributed by atoms with van der Waals surface area (Å²) in [5.41, 5.74) is 0.818. The minimum Gasteiger partial charge on any atom is -0.508 e. The number of methoxy groups -OCH3 is 1. The van der Waals surface area contributed by atoms with Crippen LogP contribution in [0.4, 0.5) is 0 Å². The molecule has 0 heterocycles. The van der Waals surface area contributed by atoms with Crippen LogP contribution in [0.15, 0.2) is 24.3 Å². The highest BCUT2D eigenvalue weighted by atomic mass is 16.5. The van der Waals surface area contributed by atoms with Crippen molar-refractivity contribution in [2.75, 3.05) is 33.5 Å². The summed E-state index contributed by atoms with van der Waals surface area (Å²) in [5, 5.41) is 12.2. The number of hydrogen-bond acceptors (Lipinski definition) is 4. The summed E-state index contributed by atoms with van der Waals surface area (Å²) < 4.78 is 9.87. The fourth-order valence-corrected chi connectivity index (χ4v) is 1.42. The maximum Gasteiger partial charge on any atom is 0.246 e. The molecule has 0 spiro atoms. The Balaban J connectivity index is 2.14. The first-order valence-electron chi connectivity index (χ1n) is 5.84. The molecule has 100 valence electrons. The van der Waals surface area contributed by atoms with E-state index < -0.39 is 0 Å². The smallest absolute Gasteiger partial charge is 0.246 e. The van der Waals surface area contributed by atoms with Crippen LogP contribution in [-0.2, 0) is 20.7 Å². The van der Waals surface area contributed by atoms with Crippen molar-refractivity contribution in [3.63, 3.8) is 0 Å². The SMILES string of the molecule is COCCOCC(=O)NCCc1ccccc1O. The van der Waals surface area contributed by atoms with Crippen molar-refractivity contribution in [2.45, 2.75) is 6.42 Å². The van der Waals surface area contributed by atoms with Gasteiger partial charge in [-0.1, -0.05) is 18.2 Å². The predicted octanol–water partition coefficient (Wildman–Crippen LogP) is 0.714. The maximum absolute atomic E-state index is 11.3. The number of ether oxygens (including phenoxy) is 2. The molecular weight excluding hydrogens is 234 g/mol. The molecule has 1 aromatic rings. The average Bonchev–Trinajstić information content (AvgIpc) is 2.37. The Morgan fingerprint density at radius 1 is 1.33 bits per heavy atom. The zero-order chi connectivity index (χ0) is 13.2. The lowest BCUT2D eigenvalue weighted by molar-refractivity contribution is -0.126. The number of aromatic hydroxyl groups is 1.